The summed E-state index contributed by atoms with van der Waals surface area (Å²) < 4.78 is 36.1. The number of aromatic nitrogens is 5. The smallest absolute Gasteiger partial charge is 0.308 e. The van der Waals surface area contributed by atoms with Gasteiger partial charge in [0.2, 0.25) is 0 Å². The van der Waals surface area contributed by atoms with Gasteiger partial charge >= 0.3 is 5.97 Å². The second-order valence-corrected chi connectivity index (χ2v) is 17.0. The Kier molecular flexibility index (Phi) is 10.2. The minimum atomic E-state index is -3.95. The van der Waals surface area contributed by atoms with Crippen LogP contribution in [0.2, 0.25) is 0 Å². The van der Waals surface area contributed by atoms with Gasteiger partial charge in [-0.3, -0.25) is 28.9 Å². The Labute approximate surface area is 343 Å². The average Bonchev–Trinajstić information content (AvgIpc) is 3.92. The van der Waals surface area contributed by atoms with Crippen LogP contribution in [0.3, 0.4) is 0 Å². The number of hydrogen-bond donors (Lipinski definition) is 3. The number of anilines is 1. The van der Waals surface area contributed by atoms with Crippen LogP contribution in [0.4, 0.5) is 5.69 Å². The van der Waals surface area contributed by atoms with Crippen LogP contribution in [0.5, 0.6) is 0 Å². The SMILES string of the molecule is COC(=O)C[C@@H]1N=C(c2ccc(-c3ccc(C(=O)NCc4ccc(S(=O)(=O)Nc5ccc(C)c6c(C#N)c[nH]c56)cc4)nc3)cc2)c2c(sc(C)c2C)-n2c(C)nnc21. The number of fused-ring (bicyclic) bond motifs is 4. The molecule has 0 bridgehead atoms. The Morgan fingerprint density at radius 1 is 0.949 bits per heavy atom. The standard InChI is InChI=1S/C43H37N9O5S2/c1-23-6-16-33(40-37(23)31(19-44)22-46-40)51-59(55,56)32-14-7-27(8-15-32)20-47-42(54)34-17-13-30(21-45-34)28-9-11-29(12-10-28)39-38-24(2)25(3)58-43(38)52-26(4)49-50-41(52)35(48-39)18-36(53)57-5/h6-17,21-22,35,46,51H,18,20H2,1-5H3,(H,47,54)/t35-/m0/s1. The van der Waals surface area contributed by atoms with Crippen LogP contribution in [-0.4, -0.2) is 57.8 Å². The zero-order valence-corrected chi connectivity index (χ0v) is 34.2. The van der Waals surface area contributed by atoms with E-state index in [0.717, 1.165) is 49.0 Å². The highest BCUT2D eigenvalue weighted by Gasteiger charge is 2.32. The number of benzene rings is 3. The fourth-order valence-electron chi connectivity index (χ4n) is 7.14. The van der Waals surface area contributed by atoms with E-state index in [4.69, 9.17) is 9.73 Å². The van der Waals surface area contributed by atoms with Crippen molar-refractivity contribution in [1.82, 2.24) is 30.0 Å². The molecule has 1 amide bonds. The zero-order chi connectivity index (χ0) is 41.6. The van der Waals surface area contributed by atoms with E-state index in [2.05, 4.69) is 50.1 Å². The highest BCUT2D eigenvalue weighted by Crippen LogP contribution is 2.40. The van der Waals surface area contributed by atoms with Crippen molar-refractivity contribution in [3.63, 3.8) is 0 Å². The van der Waals surface area contributed by atoms with Crippen LogP contribution in [0.15, 0.2) is 95.1 Å². The number of nitrogens with zero attached hydrogens (tertiary/aromatic N) is 6. The van der Waals surface area contributed by atoms with E-state index in [1.165, 1.54) is 19.2 Å². The molecule has 59 heavy (non-hydrogen) atoms. The van der Waals surface area contributed by atoms with Gasteiger partial charge in [0.25, 0.3) is 15.9 Å². The van der Waals surface area contributed by atoms with Crippen molar-refractivity contribution < 1.29 is 22.7 Å². The summed E-state index contributed by atoms with van der Waals surface area (Å²) in [7, 11) is -2.59. The van der Waals surface area contributed by atoms with E-state index in [1.807, 2.05) is 48.7 Å². The first-order chi connectivity index (χ1) is 28.4. The third-order valence-corrected chi connectivity index (χ3v) is 13.0. The quantitative estimate of drug-likeness (QED) is 0.120. The summed E-state index contributed by atoms with van der Waals surface area (Å²) in [5.41, 5.74) is 8.45. The van der Waals surface area contributed by atoms with Crippen LogP contribution in [0.25, 0.3) is 27.0 Å². The summed E-state index contributed by atoms with van der Waals surface area (Å²) in [5.74, 6) is 0.519. The topological polar surface area (TPSA) is 197 Å². The van der Waals surface area contributed by atoms with Gasteiger partial charge in [-0.1, -0.05) is 48.5 Å². The van der Waals surface area contributed by atoms with Gasteiger partial charge in [0.15, 0.2) is 5.82 Å². The molecule has 0 saturated carbocycles. The highest BCUT2D eigenvalue weighted by atomic mass is 32.2. The molecule has 1 atom stereocenters. The number of esters is 1. The van der Waals surface area contributed by atoms with Crippen molar-refractivity contribution in [3.8, 4) is 22.2 Å². The third kappa shape index (κ3) is 7.26. The lowest BCUT2D eigenvalue weighted by Crippen LogP contribution is -2.23. The molecule has 0 saturated heterocycles. The summed E-state index contributed by atoms with van der Waals surface area (Å²) in [5, 5.41) is 22.7. The number of nitrogens with one attached hydrogen (secondary N) is 3. The van der Waals surface area contributed by atoms with Crippen LogP contribution in [0, 0.1) is 39.0 Å². The van der Waals surface area contributed by atoms with Gasteiger partial charge in [-0.15, -0.1) is 21.5 Å². The van der Waals surface area contributed by atoms with Crippen molar-refractivity contribution in [2.24, 2.45) is 4.99 Å². The zero-order valence-electron chi connectivity index (χ0n) is 32.6. The molecule has 4 aromatic heterocycles. The van der Waals surface area contributed by atoms with E-state index < -0.39 is 22.0 Å². The first-order valence-corrected chi connectivity index (χ1v) is 20.8. The van der Waals surface area contributed by atoms with Crippen LogP contribution in [-0.2, 0) is 26.1 Å². The Morgan fingerprint density at radius 2 is 1.68 bits per heavy atom. The number of carbonyl (C=O) groups excluding carboxylic acids is 2. The molecule has 1 aliphatic heterocycles. The molecule has 0 unspecified atom stereocenters. The molecular weight excluding hydrogens is 787 g/mol. The minimum Gasteiger partial charge on any atom is -0.469 e. The molecule has 7 aromatic rings. The maximum atomic E-state index is 13.3. The Hall–Kier alpha value is -6.96. The van der Waals surface area contributed by atoms with E-state index in [-0.39, 0.29) is 29.5 Å². The van der Waals surface area contributed by atoms with E-state index in [0.29, 0.717) is 39.4 Å². The number of ether oxygens (including phenoxy) is 1. The number of thiophene rings is 1. The molecule has 1 aliphatic rings. The second-order valence-electron chi connectivity index (χ2n) is 14.1. The van der Waals surface area contributed by atoms with Crippen LogP contribution < -0.4 is 10.0 Å². The predicted molar refractivity (Wildman–Crippen MR) is 224 cm³/mol. The van der Waals surface area contributed by atoms with Crippen molar-refractivity contribution in [2.75, 3.05) is 11.8 Å². The molecule has 14 nitrogen and oxygen atoms in total. The number of hydrogen-bond acceptors (Lipinski definition) is 11. The van der Waals surface area contributed by atoms with Gasteiger partial charge in [0.1, 0.15) is 28.6 Å². The number of aryl methyl sites for hydroxylation is 3. The number of methoxy groups -OCH3 is 1. The number of amides is 1. The summed E-state index contributed by atoms with van der Waals surface area (Å²) in [6.45, 7) is 8.05. The first-order valence-electron chi connectivity index (χ1n) is 18.5. The summed E-state index contributed by atoms with van der Waals surface area (Å²) in [6, 6.07) is 22.6. The van der Waals surface area contributed by atoms with E-state index in [9.17, 15) is 23.3 Å². The minimum absolute atomic E-state index is 0.0166. The molecule has 0 fully saturated rings. The number of carbonyl (C=O) groups is 2. The molecule has 5 heterocycles. The number of nitriles is 1. The third-order valence-electron chi connectivity index (χ3n) is 10.4. The second kappa shape index (κ2) is 15.4. The average molecular weight is 824 g/mol. The van der Waals surface area contributed by atoms with Crippen molar-refractivity contribution in [1.29, 1.82) is 5.26 Å². The number of aliphatic imine (C=N–C) groups is 1. The lowest BCUT2D eigenvalue weighted by molar-refractivity contribution is -0.141. The molecule has 0 aliphatic carbocycles. The fourth-order valence-corrected chi connectivity index (χ4v) is 9.43. The van der Waals surface area contributed by atoms with Gasteiger partial charge in [-0.05, 0) is 74.2 Å². The largest absolute Gasteiger partial charge is 0.469 e. The number of aromatic amines is 1. The molecule has 0 spiro atoms. The predicted octanol–water partition coefficient (Wildman–Crippen LogP) is 7.16. The molecule has 3 N–H and O–H groups in total. The van der Waals surface area contributed by atoms with Gasteiger partial charge in [0, 0.05) is 45.9 Å². The monoisotopic (exact) mass is 823 g/mol. The summed E-state index contributed by atoms with van der Waals surface area (Å²) in [6.07, 6.45) is 3.21. The van der Waals surface area contributed by atoms with Gasteiger partial charge in [-0.2, -0.15) is 5.26 Å². The summed E-state index contributed by atoms with van der Waals surface area (Å²) in [4.78, 5) is 39.3. The number of pyridine rings is 1. The highest BCUT2D eigenvalue weighted by molar-refractivity contribution is 7.92. The molecule has 296 valence electrons. The molecule has 8 rings (SSSR count). The molecular formula is C43H37N9O5S2. The van der Waals surface area contributed by atoms with Crippen molar-refractivity contribution in [2.45, 2.75) is 51.6 Å². The maximum Gasteiger partial charge on any atom is 0.308 e. The normalized spacial score (nSPS) is 13.5. The fraction of sp³-hybridized carbons (Fsp3) is 0.186. The van der Waals surface area contributed by atoms with Gasteiger partial charge < -0.3 is 15.0 Å². The van der Waals surface area contributed by atoms with Crippen LogP contribution >= 0.6 is 11.3 Å². The number of rotatable bonds is 10. The lowest BCUT2D eigenvalue weighted by atomic mass is 9.97. The van der Waals surface area contributed by atoms with Crippen molar-refractivity contribution >= 4 is 55.5 Å². The Bertz CT molecular complexity index is 2980. The van der Waals surface area contributed by atoms with E-state index >= 15 is 0 Å². The van der Waals surface area contributed by atoms with Gasteiger partial charge in [-0.25, -0.2) is 8.42 Å². The van der Waals surface area contributed by atoms with Crippen LogP contribution in [0.1, 0.15) is 72.9 Å². The maximum absolute atomic E-state index is 13.3. The Morgan fingerprint density at radius 3 is 2.37 bits per heavy atom. The number of H-pyrrole nitrogens is 1. The van der Waals surface area contributed by atoms with Gasteiger partial charge in [0.05, 0.1) is 40.9 Å². The molecule has 3 aromatic carbocycles. The Balaban J connectivity index is 0.945. The molecule has 16 heteroatoms. The summed E-state index contributed by atoms with van der Waals surface area (Å²) >= 11 is 1.64. The van der Waals surface area contributed by atoms with E-state index in [1.54, 1.807) is 54.1 Å². The molecule has 0 radical (unpaired) electrons. The first kappa shape index (κ1) is 38.9. The van der Waals surface area contributed by atoms with Crippen molar-refractivity contribution in [3.05, 3.63) is 141 Å². The number of sulfonamides is 1. The lowest BCUT2D eigenvalue weighted by Gasteiger charge is -2.12.